The van der Waals surface area contributed by atoms with Crippen molar-refractivity contribution >= 4 is 34.7 Å². The van der Waals surface area contributed by atoms with Crippen molar-refractivity contribution in [3.05, 3.63) is 77.7 Å². The number of hydrogen-bond donors (Lipinski definition) is 1. The van der Waals surface area contributed by atoms with Crippen LogP contribution in [0.15, 0.2) is 67.0 Å². The molecule has 0 saturated heterocycles. The van der Waals surface area contributed by atoms with Gasteiger partial charge in [-0.05, 0) is 30.3 Å². The summed E-state index contributed by atoms with van der Waals surface area (Å²) >= 11 is 5.94. The Hall–Kier alpha value is -2.92. The van der Waals surface area contributed by atoms with Crippen molar-refractivity contribution in [1.29, 1.82) is 0 Å². The van der Waals surface area contributed by atoms with Crippen LogP contribution in [0.3, 0.4) is 0 Å². The van der Waals surface area contributed by atoms with E-state index >= 15 is 0 Å². The van der Waals surface area contributed by atoms with Gasteiger partial charge >= 0.3 is 0 Å². The molecule has 0 atom stereocenters. The molecule has 1 heterocycles. The Morgan fingerprint density at radius 2 is 1.83 bits per heavy atom. The zero-order chi connectivity index (χ0) is 16.9. The van der Waals surface area contributed by atoms with Gasteiger partial charge < -0.3 is 10.2 Å². The molecule has 1 N–H and O–H groups in total. The first-order valence-electron chi connectivity index (χ1n) is 7.31. The van der Waals surface area contributed by atoms with E-state index in [0.29, 0.717) is 10.8 Å². The van der Waals surface area contributed by atoms with Crippen LogP contribution in [-0.2, 0) is 0 Å². The lowest BCUT2D eigenvalue weighted by Crippen LogP contribution is -2.27. The summed E-state index contributed by atoms with van der Waals surface area (Å²) in [5, 5.41) is 3.72. The first-order chi connectivity index (χ1) is 11.6. The van der Waals surface area contributed by atoms with Crippen LogP contribution < -0.4 is 10.2 Å². The predicted molar refractivity (Wildman–Crippen MR) is 95.9 cm³/mol. The number of amides is 1. The first kappa shape index (κ1) is 16.0. The highest BCUT2D eigenvalue weighted by molar-refractivity contribution is 6.30. The Kier molecular flexibility index (Phi) is 4.72. The standard InChI is InChI=1S/C18H15ClN4O/c1-23(15-8-3-2-4-9-15)18(24)16-11-21-17(12-20-16)22-14-7-5-6-13(19)10-14/h2-12H,1H3,(H,21,22). The van der Waals surface area contributed by atoms with Crippen molar-refractivity contribution < 1.29 is 4.79 Å². The third-order valence-electron chi connectivity index (χ3n) is 3.42. The van der Waals surface area contributed by atoms with Gasteiger partial charge in [-0.15, -0.1) is 0 Å². The fourth-order valence-electron chi connectivity index (χ4n) is 2.16. The van der Waals surface area contributed by atoms with E-state index in [0.717, 1.165) is 11.4 Å². The molecule has 120 valence electrons. The lowest BCUT2D eigenvalue weighted by atomic mass is 10.3. The van der Waals surface area contributed by atoms with E-state index < -0.39 is 0 Å². The van der Waals surface area contributed by atoms with Crippen molar-refractivity contribution in [2.75, 3.05) is 17.3 Å². The van der Waals surface area contributed by atoms with E-state index in [1.54, 1.807) is 19.2 Å². The highest BCUT2D eigenvalue weighted by atomic mass is 35.5. The van der Waals surface area contributed by atoms with Crippen LogP contribution in [0.1, 0.15) is 10.5 Å². The summed E-state index contributed by atoms with van der Waals surface area (Å²) in [4.78, 5) is 22.4. The molecular formula is C18H15ClN4O. The van der Waals surface area contributed by atoms with Crippen molar-refractivity contribution in [2.45, 2.75) is 0 Å². The van der Waals surface area contributed by atoms with Crippen LogP contribution in [-0.4, -0.2) is 22.9 Å². The van der Waals surface area contributed by atoms with Crippen molar-refractivity contribution in [3.8, 4) is 0 Å². The van der Waals surface area contributed by atoms with Crippen LogP contribution in [0.4, 0.5) is 17.2 Å². The summed E-state index contributed by atoms with van der Waals surface area (Å²) in [5.74, 6) is 0.319. The van der Waals surface area contributed by atoms with Gasteiger partial charge in [0.25, 0.3) is 5.91 Å². The maximum absolute atomic E-state index is 12.4. The Bertz CT molecular complexity index is 837. The number of rotatable bonds is 4. The molecule has 0 spiro atoms. The summed E-state index contributed by atoms with van der Waals surface area (Å²) in [6, 6.07) is 16.7. The lowest BCUT2D eigenvalue weighted by molar-refractivity contribution is 0.0988. The van der Waals surface area contributed by atoms with Gasteiger partial charge in [-0.1, -0.05) is 35.9 Å². The maximum Gasteiger partial charge on any atom is 0.278 e. The van der Waals surface area contributed by atoms with Gasteiger partial charge in [0.15, 0.2) is 0 Å². The van der Waals surface area contributed by atoms with E-state index in [1.165, 1.54) is 17.3 Å². The van der Waals surface area contributed by atoms with Gasteiger partial charge in [0.1, 0.15) is 11.5 Å². The van der Waals surface area contributed by atoms with Crippen LogP contribution >= 0.6 is 11.6 Å². The number of para-hydroxylation sites is 1. The Morgan fingerprint density at radius 3 is 2.50 bits per heavy atom. The molecule has 2 aromatic carbocycles. The zero-order valence-corrected chi connectivity index (χ0v) is 13.7. The summed E-state index contributed by atoms with van der Waals surface area (Å²) in [7, 11) is 1.71. The molecule has 24 heavy (non-hydrogen) atoms. The minimum Gasteiger partial charge on any atom is -0.339 e. The van der Waals surface area contributed by atoms with Gasteiger partial charge in [0.05, 0.1) is 12.4 Å². The lowest BCUT2D eigenvalue weighted by Gasteiger charge is -2.16. The molecule has 0 radical (unpaired) electrons. The molecule has 0 aliphatic carbocycles. The molecule has 0 aliphatic heterocycles. The van der Waals surface area contributed by atoms with Crippen LogP contribution in [0, 0.1) is 0 Å². The predicted octanol–water partition coefficient (Wildman–Crippen LogP) is 4.15. The van der Waals surface area contributed by atoms with Gasteiger partial charge in [0, 0.05) is 23.4 Å². The van der Waals surface area contributed by atoms with E-state index in [4.69, 9.17) is 11.6 Å². The monoisotopic (exact) mass is 338 g/mol. The van der Waals surface area contributed by atoms with Gasteiger partial charge in [-0.25, -0.2) is 9.97 Å². The minimum atomic E-state index is -0.219. The van der Waals surface area contributed by atoms with Crippen LogP contribution in [0.5, 0.6) is 0 Å². The number of halogens is 1. The van der Waals surface area contributed by atoms with E-state index in [1.807, 2.05) is 42.5 Å². The number of nitrogens with zero attached hydrogens (tertiary/aromatic N) is 3. The second kappa shape index (κ2) is 7.10. The summed E-state index contributed by atoms with van der Waals surface area (Å²) < 4.78 is 0. The second-order valence-electron chi connectivity index (χ2n) is 5.12. The number of anilines is 3. The number of carbonyl (C=O) groups is 1. The SMILES string of the molecule is CN(C(=O)c1cnc(Nc2cccc(Cl)c2)cn1)c1ccccc1. The minimum absolute atomic E-state index is 0.219. The summed E-state index contributed by atoms with van der Waals surface area (Å²) in [5.41, 5.74) is 1.88. The maximum atomic E-state index is 12.4. The molecule has 1 aromatic heterocycles. The van der Waals surface area contributed by atoms with E-state index in [9.17, 15) is 4.79 Å². The van der Waals surface area contributed by atoms with Crippen molar-refractivity contribution in [2.24, 2.45) is 0 Å². The molecular weight excluding hydrogens is 324 g/mol. The quantitative estimate of drug-likeness (QED) is 0.776. The van der Waals surface area contributed by atoms with E-state index in [-0.39, 0.29) is 11.6 Å². The summed E-state index contributed by atoms with van der Waals surface area (Å²) in [6.07, 6.45) is 2.97. The smallest absolute Gasteiger partial charge is 0.278 e. The van der Waals surface area contributed by atoms with E-state index in [2.05, 4.69) is 15.3 Å². The Balaban J connectivity index is 1.73. The normalized spacial score (nSPS) is 10.2. The van der Waals surface area contributed by atoms with Gasteiger partial charge in [0.2, 0.25) is 0 Å². The van der Waals surface area contributed by atoms with Gasteiger partial charge in [-0.2, -0.15) is 0 Å². The largest absolute Gasteiger partial charge is 0.339 e. The molecule has 0 bridgehead atoms. The first-order valence-corrected chi connectivity index (χ1v) is 7.69. The molecule has 0 saturated carbocycles. The second-order valence-corrected chi connectivity index (χ2v) is 5.56. The molecule has 6 heteroatoms. The molecule has 1 amide bonds. The third-order valence-corrected chi connectivity index (χ3v) is 3.65. The molecule has 0 aliphatic rings. The zero-order valence-electron chi connectivity index (χ0n) is 13.0. The highest BCUT2D eigenvalue weighted by Crippen LogP contribution is 2.19. The average Bonchev–Trinajstić information content (AvgIpc) is 2.62. The number of hydrogen-bond acceptors (Lipinski definition) is 4. The van der Waals surface area contributed by atoms with Crippen molar-refractivity contribution in [3.63, 3.8) is 0 Å². The fourth-order valence-corrected chi connectivity index (χ4v) is 2.35. The highest BCUT2D eigenvalue weighted by Gasteiger charge is 2.15. The number of carbonyl (C=O) groups excluding carboxylic acids is 1. The molecule has 0 fully saturated rings. The Morgan fingerprint density at radius 1 is 1.04 bits per heavy atom. The average molecular weight is 339 g/mol. The van der Waals surface area contributed by atoms with Crippen molar-refractivity contribution in [1.82, 2.24) is 9.97 Å². The number of aromatic nitrogens is 2. The third kappa shape index (κ3) is 3.70. The molecule has 3 rings (SSSR count). The number of benzene rings is 2. The Labute approximate surface area is 144 Å². The van der Waals surface area contributed by atoms with Gasteiger partial charge in [-0.3, -0.25) is 4.79 Å². The topological polar surface area (TPSA) is 58.1 Å². The number of nitrogens with one attached hydrogen (secondary N) is 1. The van der Waals surface area contributed by atoms with Crippen LogP contribution in [0.25, 0.3) is 0 Å². The molecule has 5 nitrogen and oxygen atoms in total. The summed E-state index contributed by atoms with van der Waals surface area (Å²) in [6.45, 7) is 0. The van der Waals surface area contributed by atoms with Crippen LogP contribution in [0.2, 0.25) is 5.02 Å². The fraction of sp³-hybridized carbons (Fsp3) is 0.0556. The molecule has 3 aromatic rings. The molecule has 0 unspecified atom stereocenters.